The third-order valence-corrected chi connectivity index (χ3v) is 3.90. The highest BCUT2D eigenvalue weighted by molar-refractivity contribution is 6.30. The van der Waals surface area contributed by atoms with E-state index in [-0.39, 0.29) is 18.4 Å². The molecular formula is C19H21ClN2O3. The van der Waals surface area contributed by atoms with E-state index in [0.717, 1.165) is 16.9 Å². The van der Waals surface area contributed by atoms with Crippen LogP contribution in [0.2, 0.25) is 5.02 Å². The molecule has 0 atom stereocenters. The van der Waals surface area contributed by atoms with Gasteiger partial charge in [0, 0.05) is 18.0 Å². The molecule has 2 N–H and O–H groups in total. The molecule has 0 aliphatic carbocycles. The molecule has 0 saturated heterocycles. The molecule has 0 aliphatic rings. The van der Waals surface area contributed by atoms with E-state index in [4.69, 9.17) is 16.3 Å². The number of nitrogens with one attached hydrogen (secondary N) is 2. The zero-order chi connectivity index (χ0) is 18.1. The van der Waals surface area contributed by atoms with Crippen LogP contribution in [0.15, 0.2) is 48.5 Å². The van der Waals surface area contributed by atoms with Gasteiger partial charge in [-0.15, -0.1) is 0 Å². The Morgan fingerprint density at radius 2 is 1.56 bits per heavy atom. The summed E-state index contributed by atoms with van der Waals surface area (Å²) in [5, 5.41) is 6.03. The minimum absolute atomic E-state index is 0.0327. The number of amides is 2. The quantitative estimate of drug-likeness (QED) is 0.760. The first-order valence-corrected chi connectivity index (χ1v) is 8.35. The summed E-state index contributed by atoms with van der Waals surface area (Å²) >= 11 is 5.81. The Morgan fingerprint density at radius 1 is 0.920 bits per heavy atom. The molecule has 2 aromatic rings. The Morgan fingerprint density at radius 3 is 2.20 bits per heavy atom. The molecule has 0 radical (unpaired) electrons. The lowest BCUT2D eigenvalue weighted by atomic mass is 10.1. The van der Waals surface area contributed by atoms with E-state index in [2.05, 4.69) is 10.6 Å². The Balaban J connectivity index is 1.64. The third kappa shape index (κ3) is 6.85. The summed E-state index contributed by atoms with van der Waals surface area (Å²) in [6, 6.07) is 14.8. The van der Waals surface area contributed by atoms with Crippen LogP contribution in [0.3, 0.4) is 0 Å². The molecule has 2 rings (SSSR count). The van der Waals surface area contributed by atoms with Crippen molar-refractivity contribution < 1.29 is 14.3 Å². The molecule has 25 heavy (non-hydrogen) atoms. The number of carbonyl (C=O) groups is 2. The van der Waals surface area contributed by atoms with Crippen LogP contribution < -0.4 is 15.4 Å². The molecule has 0 fully saturated rings. The van der Waals surface area contributed by atoms with E-state index >= 15 is 0 Å². The van der Waals surface area contributed by atoms with Crippen molar-refractivity contribution in [2.75, 3.05) is 13.7 Å². The normalized spacial score (nSPS) is 10.2. The average Bonchev–Trinajstić information content (AvgIpc) is 2.64. The molecule has 2 aromatic carbocycles. The lowest BCUT2D eigenvalue weighted by Crippen LogP contribution is -2.36. The van der Waals surface area contributed by atoms with Gasteiger partial charge in [-0.3, -0.25) is 9.59 Å². The number of carbonyl (C=O) groups excluding carboxylic acids is 2. The van der Waals surface area contributed by atoms with Gasteiger partial charge in [-0.2, -0.15) is 0 Å². The Labute approximate surface area is 152 Å². The molecule has 0 spiro atoms. The van der Waals surface area contributed by atoms with Crippen molar-refractivity contribution in [1.82, 2.24) is 10.6 Å². The molecule has 0 saturated carbocycles. The predicted octanol–water partition coefficient (Wildman–Crippen LogP) is 2.71. The van der Waals surface area contributed by atoms with Crippen molar-refractivity contribution in [3.05, 3.63) is 64.7 Å². The van der Waals surface area contributed by atoms with Crippen molar-refractivity contribution in [3.8, 4) is 5.75 Å². The van der Waals surface area contributed by atoms with Crippen molar-refractivity contribution in [2.45, 2.75) is 19.4 Å². The first kappa shape index (κ1) is 18.8. The van der Waals surface area contributed by atoms with Crippen LogP contribution in [0, 0.1) is 0 Å². The monoisotopic (exact) mass is 360 g/mol. The summed E-state index contributed by atoms with van der Waals surface area (Å²) < 4.78 is 5.09. The van der Waals surface area contributed by atoms with Gasteiger partial charge in [0.2, 0.25) is 11.8 Å². The van der Waals surface area contributed by atoms with Crippen molar-refractivity contribution in [1.29, 1.82) is 0 Å². The Bertz CT molecular complexity index is 700. The van der Waals surface area contributed by atoms with E-state index in [9.17, 15) is 9.59 Å². The molecule has 5 nitrogen and oxygen atoms in total. The number of aryl methyl sites for hydroxylation is 1. The van der Waals surface area contributed by atoms with Crippen LogP contribution in [0.4, 0.5) is 0 Å². The van der Waals surface area contributed by atoms with E-state index in [1.165, 1.54) is 0 Å². The average molecular weight is 361 g/mol. The highest BCUT2D eigenvalue weighted by Crippen LogP contribution is 2.12. The predicted molar refractivity (Wildman–Crippen MR) is 97.6 cm³/mol. The van der Waals surface area contributed by atoms with Gasteiger partial charge in [-0.1, -0.05) is 35.9 Å². The maximum absolute atomic E-state index is 11.8. The Kier molecular flexibility index (Phi) is 7.29. The Hall–Kier alpha value is -2.53. The van der Waals surface area contributed by atoms with Gasteiger partial charge in [0.15, 0.2) is 0 Å². The fraction of sp³-hybridized carbons (Fsp3) is 0.263. The van der Waals surface area contributed by atoms with Gasteiger partial charge >= 0.3 is 0 Å². The number of hydrogen-bond donors (Lipinski definition) is 2. The first-order chi connectivity index (χ1) is 12.1. The fourth-order valence-corrected chi connectivity index (χ4v) is 2.31. The summed E-state index contributed by atoms with van der Waals surface area (Å²) in [5.74, 6) is 0.399. The van der Waals surface area contributed by atoms with Crippen molar-refractivity contribution in [3.63, 3.8) is 0 Å². The maximum Gasteiger partial charge on any atom is 0.239 e. The number of ether oxygens (including phenoxy) is 1. The third-order valence-electron chi connectivity index (χ3n) is 3.65. The minimum Gasteiger partial charge on any atom is -0.497 e. The largest absolute Gasteiger partial charge is 0.497 e. The summed E-state index contributed by atoms with van der Waals surface area (Å²) in [5.41, 5.74) is 1.99. The number of benzene rings is 2. The van der Waals surface area contributed by atoms with Crippen molar-refractivity contribution >= 4 is 23.4 Å². The molecular weight excluding hydrogens is 340 g/mol. The summed E-state index contributed by atoms with van der Waals surface area (Å²) in [4.78, 5) is 23.6. The fourth-order valence-electron chi connectivity index (χ4n) is 2.18. The zero-order valence-electron chi connectivity index (χ0n) is 14.0. The number of rotatable bonds is 8. The van der Waals surface area contributed by atoms with Crippen molar-refractivity contribution in [2.24, 2.45) is 0 Å². The van der Waals surface area contributed by atoms with E-state index < -0.39 is 0 Å². The first-order valence-electron chi connectivity index (χ1n) is 7.97. The molecule has 132 valence electrons. The zero-order valence-corrected chi connectivity index (χ0v) is 14.8. The maximum atomic E-state index is 11.8. The van der Waals surface area contributed by atoms with Crippen LogP contribution in [0.5, 0.6) is 5.75 Å². The van der Waals surface area contributed by atoms with E-state index in [0.29, 0.717) is 24.4 Å². The summed E-state index contributed by atoms with van der Waals surface area (Å²) in [6.45, 7) is 0.368. The lowest BCUT2D eigenvalue weighted by molar-refractivity contribution is -0.126. The molecule has 0 aromatic heterocycles. The van der Waals surface area contributed by atoms with Crippen LogP contribution in [0.1, 0.15) is 17.5 Å². The molecule has 2 amide bonds. The number of halogens is 1. The summed E-state index contributed by atoms with van der Waals surface area (Å²) in [6.07, 6.45) is 0.943. The summed E-state index contributed by atoms with van der Waals surface area (Å²) in [7, 11) is 1.61. The number of hydrogen-bond acceptors (Lipinski definition) is 3. The van der Waals surface area contributed by atoms with Crippen LogP contribution >= 0.6 is 11.6 Å². The van der Waals surface area contributed by atoms with Gasteiger partial charge in [-0.25, -0.2) is 0 Å². The SMILES string of the molecule is COc1ccc(CCC(=O)NCC(=O)NCc2ccc(Cl)cc2)cc1. The van der Waals surface area contributed by atoms with Crippen LogP contribution in [-0.4, -0.2) is 25.5 Å². The second kappa shape index (κ2) is 9.69. The smallest absolute Gasteiger partial charge is 0.239 e. The second-order valence-electron chi connectivity index (χ2n) is 5.53. The van der Waals surface area contributed by atoms with Crippen LogP contribution in [-0.2, 0) is 22.6 Å². The minimum atomic E-state index is -0.229. The van der Waals surface area contributed by atoms with Gasteiger partial charge < -0.3 is 15.4 Å². The second-order valence-corrected chi connectivity index (χ2v) is 5.96. The highest BCUT2D eigenvalue weighted by Gasteiger charge is 2.06. The molecule has 6 heteroatoms. The molecule has 0 unspecified atom stereocenters. The topological polar surface area (TPSA) is 67.4 Å². The van der Waals surface area contributed by atoms with Gasteiger partial charge in [0.25, 0.3) is 0 Å². The molecule has 0 aliphatic heterocycles. The molecule has 0 heterocycles. The number of methoxy groups -OCH3 is 1. The highest BCUT2D eigenvalue weighted by atomic mass is 35.5. The van der Waals surface area contributed by atoms with Gasteiger partial charge in [0.05, 0.1) is 13.7 Å². The van der Waals surface area contributed by atoms with Gasteiger partial charge in [0.1, 0.15) is 5.75 Å². The lowest BCUT2D eigenvalue weighted by Gasteiger charge is -2.08. The van der Waals surface area contributed by atoms with Crippen LogP contribution in [0.25, 0.3) is 0 Å². The standard InChI is InChI=1S/C19H21ClN2O3/c1-25-17-9-4-14(5-10-17)6-11-18(23)22-13-19(24)21-12-15-2-7-16(20)8-3-15/h2-5,7-10H,6,11-13H2,1H3,(H,21,24)(H,22,23). The van der Waals surface area contributed by atoms with E-state index in [1.54, 1.807) is 19.2 Å². The van der Waals surface area contributed by atoms with E-state index in [1.807, 2.05) is 36.4 Å². The molecule has 0 bridgehead atoms. The van der Waals surface area contributed by atoms with Gasteiger partial charge in [-0.05, 0) is 41.8 Å².